The second-order valence-electron chi connectivity index (χ2n) is 2.52. The Balaban J connectivity index is 2.90. The van der Waals surface area contributed by atoms with Gasteiger partial charge in [-0.15, -0.1) is 0 Å². The molecule has 0 fully saturated rings. The van der Waals surface area contributed by atoms with Gasteiger partial charge in [-0.2, -0.15) is 0 Å². The SMILES string of the molecule is C=C(OCC)c1ccc(O)c(Cl)c1. The zero-order valence-corrected chi connectivity index (χ0v) is 8.14. The molecule has 13 heavy (non-hydrogen) atoms. The molecule has 0 aliphatic carbocycles. The number of hydrogen-bond donors (Lipinski definition) is 1. The molecule has 0 atom stereocenters. The van der Waals surface area contributed by atoms with E-state index in [0.717, 1.165) is 5.56 Å². The molecule has 1 N–H and O–H groups in total. The molecular formula is C10H11ClO2. The van der Waals surface area contributed by atoms with E-state index >= 15 is 0 Å². The average Bonchev–Trinajstić information content (AvgIpc) is 2.10. The van der Waals surface area contributed by atoms with Gasteiger partial charge in [0.1, 0.15) is 11.5 Å². The van der Waals surface area contributed by atoms with Crippen LogP contribution < -0.4 is 0 Å². The third kappa shape index (κ3) is 2.39. The molecule has 0 aliphatic rings. The van der Waals surface area contributed by atoms with Crippen LogP contribution in [0.2, 0.25) is 5.02 Å². The first-order chi connectivity index (χ1) is 6.15. The second kappa shape index (κ2) is 4.19. The molecule has 2 nitrogen and oxygen atoms in total. The molecule has 0 bridgehead atoms. The van der Waals surface area contributed by atoms with E-state index in [1.165, 1.54) is 6.07 Å². The fraction of sp³-hybridized carbons (Fsp3) is 0.200. The van der Waals surface area contributed by atoms with Crippen molar-refractivity contribution in [1.82, 2.24) is 0 Å². The summed E-state index contributed by atoms with van der Waals surface area (Å²) in [7, 11) is 0. The first-order valence-corrected chi connectivity index (χ1v) is 4.33. The highest BCUT2D eigenvalue weighted by Gasteiger charge is 2.03. The summed E-state index contributed by atoms with van der Waals surface area (Å²) < 4.78 is 5.19. The minimum Gasteiger partial charge on any atom is -0.506 e. The van der Waals surface area contributed by atoms with Crippen LogP contribution in [0.1, 0.15) is 12.5 Å². The number of benzene rings is 1. The Morgan fingerprint density at radius 3 is 2.85 bits per heavy atom. The Morgan fingerprint density at radius 2 is 2.31 bits per heavy atom. The van der Waals surface area contributed by atoms with Gasteiger partial charge in [0.25, 0.3) is 0 Å². The van der Waals surface area contributed by atoms with E-state index in [4.69, 9.17) is 21.4 Å². The minimum atomic E-state index is 0.0646. The lowest BCUT2D eigenvalue weighted by Gasteiger charge is -2.07. The first kappa shape index (κ1) is 9.93. The standard InChI is InChI=1S/C10H11ClO2/c1-3-13-7(2)8-4-5-10(12)9(11)6-8/h4-6,12H,2-3H2,1H3. The summed E-state index contributed by atoms with van der Waals surface area (Å²) in [5.74, 6) is 0.624. The van der Waals surface area contributed by atoms with Crippen LogP contribution in [0.4, 0.5) is 0 Å². The highest BCUT2D eigenvalue weighted by Crippen LogP contribution is 2.26. The molecule has 1 aromatic carbocycles. The predicted octanol–water partition coefficient (Wildman–Crippen LogP) is 3.05. The molecule has 3 heteroatoms. The van der Waals surface area contributed by atoms with Crippen LogP contribution in [0, 0.1) is 0 Å². The summed E-state index contributed by atoms with van der Waals surface area (Å²) in [6.07, 6.45) is 0. The lowest BCUT2D eigenvalue weighted by atomic mass is 10.2. The number of halogens is 1. The normalized spacial score (nSPS) is 9.69. The molecule has 1 rings (SSSR count). The van der Waals surface area contributed by atoms with Gasteiger partial charge in [0, 0.05) is 5.56 Å². The average molecular weight is 199 g/mol. The molecule has 0 aromatic heterocycles. The van der Waals surface area contributed by atoms with Gasteiger partial charge in [0.05, 0.1) is 11.6 Å². The summed E-state index contributed by atoms with van der Waals surface area (Å²) in [5.41, 5.74) is 0.782. The molecule has 0 aliphatic heterocycles. The number of aromatic hydroxyl groups is 1. The lowest BCUT2D eigenvalue weighted by Crippen LogP contribution is -1.89. The van der Waals surface area contributed by atoms with Crippen molar-refractivity contribution in [2.45, 2.75) is 6.92 Å². The molecule has 1 aromatic rings. The van der Waals surface area contributed by atoms with Gasteiger partial charge in [-0.25, -0.2) is 0 Å². The van der Waals surface area contributed by atoms with Crippen molar-refractivity contribution in [3.05, 3.63) is 35.4 Å². The predicted molar refractivity (Wildman–Crippen MR) is 53.8 cm³/mol. The Bertz CT molecular complexity index is 321. The molecule has 0 saturated heterocycles. The van der Waals surface area contributed by atoms with Gasteiger partial charge in [-0.3, -0.25) is 0 Å². The molecule has 0 unspecified atom stereocenters. The summed E-state index contributed by atoms with van der Waals surface area (Å²) in [5, 5.41) is 9.46. The molecule has 0 saturated carbocycles. The number of ether oxygens (including phenoxy) is 1. The van der Waals surface area contributed by atoms with E-state index in [0.29, 0.717) is 17.4 Å². The van der Waals surface area contributed by atoms with Crippen LogP contribution in [0.25, 0.3) is 5.76 Å². The van der Waals surface area contributed by atoms with Crippen molar-refractivity contribution >= 4 is 17.4 Å². The second-order valence-corrected chi connectivity index (χ2v) is 2.93. The van der Waals surface area contributed by atoms with E-state index in [1.807, 2.05) is 6.92 Å². The monoisotopic (exact) mass is 198 g/mol. The van der Waals surface area contributed by atoms with E-state index in [1.54, 1.807) is 12.1 Å². The Kier molecular flexibility index (Phi) is 3.20. The van der Waals surface area contributed by atoms with Crippen LogP contribution in [-0.2, 0) is 4.74 Å². The van der Waals surface area contributed by atoms with E-state index < -0.39 is 0 Å². The highest BCUT2D eigenvalue weighted by molar-refractivity contribution is 6.32. The Morgan fingerprint density at radius 1 is 1.62 bits per heavy atom. The quantitative estimate of drug-likeness (QED) is 0.757. The van der Waals surface area contributed by atoms with Crippen LogP contribution in [0.3, 0.4) is 0 Å². The highest BCUT2D eigenvalue weighted by atomic mass is 35.5. The number of phenolic OH excluding ortho intramolecular Hbond substituents is 1. The van der Waals surface area contributed by atoms with Gasteiger partial charge in [0.2, 0.25) is 0 Å². The first-order valence-electron chi connectivity index (χ1n) is 3.95. The van der Waals surface area contributed by atoms with Crippen molar-refractivity contribution in [2.75, 3.05) is 6.61 Å². The van der Waals surface area contributed by atoms with Crippen molar-refractivity contribution in [1.29, 1.82) is 0 Å². The number of rotatable bonds is 3. The summed E-state index contributed by atoms with van der Waals surface area (Å²) in [4.78, 5) is 0. The zero-order valence-electron chi connectivity index (χ0n) is 7.38. The van der Waals surface area contributed by atoms with Crippen LogP contribution >= 0.6 is 11.6 Å². The maximum absolute atomic E-state index is 9.15. The van der Waals surface area contributed by atoms with Gasteiger partial charge < -0.3 is 9.84 Å². The third-order valence-electron chi connectivity index (χ3n) is 1.59. The minimum absolute atomic E-state index is 0.0646. The van der Waals surface area contributed by atoms with Crippen LogP contribution in [-0.4, -0.2) is 11.7 Å². The van der Waals surface area contributed by atoms with Gasteiger partial charge >= 0.3 is 0 Å². The fourth-order valence-corrected chi connectivity index (χ4v) is 1.12. The number of hydrogen-bond acceptors (Lipinski definition) is 2. The Labute approximate surface area is 82.4 Å². The van der Waals surface area contributed by atoms with E-state index in [9.17, 15) is 0 Å². The van der Waals surface area contributed by atoms with Gasteiger partial charge in [-0.1, -0.05) is 18.2 Å². The topological polar surface area (TPSA) is 29.5 Å². The maximum atomic E-state index is 9.15. The van der Waals surface area contributed by atoms with E-state index in [2.05, 4.69) is 6.58 Å². The van der Waals surface area contributed by atoms with Crippen molar-refractivity contribution in [2.24, 2.45) is 0 Å². The maximum Gasteiger partial charge on any atom is 0.134 e. The van der Waals surface area contributed by atoms with Gasteiger partial charge in [-0.05, 0) is 25.1 Å². The largest absolute Gasteiger partial charge is 0.506 e. The van der Waals surface area contributed by atoms with E-state index in [-0.39, 0.29) is 5.75 Å². The fourth-order valence-electron chi connectivity index (χ4n) is 0.938. The van der Waals surface area contributed by atoms with Crippen LogP contribution in [0.15, 0.2) is 24.8 Å². The molecule has 70 valence electrons. The summed E-state index contributed by atoms with van der Waals surface area (Å²) in [6.45, 7) is 6.17. The zero-order chi connectivity index (χ0) is 9.84. The lowest BCUT2D eigenvalue weighted by molar-refractivity contribution is 0.299. The third-order valence-corrected chi connectivity index (χ3v) is 1.89. The Hall–Kier alpha value is -1.15. The number of phenols is 1. The molecular weight excluding hydrogens is 188 g/mol. The molecule has 0 spiro atoms. The molecule has 0 amide bonds. The van der Waals surface area contributed by atoms with Crippen molar-refractivity contribution in [3.63, 3.8) is 0 Å². The summed E-state index contributed by atoms with van der Waals surface area (Å²) in [6, 6.07) is 4.84. The van der Waals surface area contributed by atoms with Crippen molar-refractivity contribution in [3.8, 4) is 5.75 Å². The van der Waals surface area contributed by atoms with Crippen LogP contribution in [0.5, 0.6) is 5.75 Å². The molecule has 0 heterocycles. The van der Waals surface area contributed by atoms with Gasteiger partial charge in [0.15, 0.2) is 0 Å². The van der Waals surface area contributed by atoms with Crippen molar-refractivity contribution < 1.29 is 9.84 Å². The summed E-state index contributed by atoms with van der Waals surface area (Å²) >= 11 is 5.71. The smallest absolute Gasteiger partial charge is 0.134 e. The molecule has 0 radical (unpaired) electrons.